The maximum Gasteiger partial charge on any atom is 0.279 e. The number of fused-ring (bicyclic) bond motifs is 1. The number of rotatable bonds is 6. The topological polar surface area (TPSA) is 111 Å². The summed E-state index contributed by atoms with van der Waals surface area (Å²) in [7, 11) is 0. The highest BCUT2D eigenvalue weighted by Gasteiger charge is 2.38. The number of amides is 2. The number of aliphatic hydroxyl groups excluding tert-OH is 1. The summed E-state index contributed by atoms with van der Waals surface area (Å²) in [6, 6.07) is 17.3. The number of H-pyrrole nitrogens is 1. The molecule has 0 saturated heterocycles. The van der Waals surface area contributed by atoms with Crippen molar-refractivity contribution in [1.82, 2.24) is 20.3 Å². The molecule has 1 aliphatic rings. The van der Waals surface area contributed by atoms with E-state index in [9.17, 15) is 14.7 Å². The number of carbonyl (C=O) groups is 2. The number of aromatic nitrogens is 3. The SMILES string of the molecule is CC(C)(C)c1ccc(N(C(=O)c2c[nH]cn2)C(C(=O)N[C@@H]2C[C@@H](O)c3ccccc32)c2cccnc2)cc1. The van der Waals surface area contributed by atoms with Gasteiger partial charge in [0.1, 0.15) is 11.7 Å². The van der Waals surface area contributed by atoms with Crippen LogP contribution >= 0.6 is 0 Å². The Bertz CT molecular complexity index is 1410. The molecule has 0 fully saturated rings. The fourth-order valence-corrected chi connectivity index (χ4v) is 4.96. The van der Waals surface area contributed by atoms with E-state index >= 15 is 0 Å². The van der Waals surface area contributed by atoms with Crippen molar-refractivity contribution in [3.63, 3.8) is 0 Å². The van der Waals surface area contributed by atoms with Crippen LogP contribution in [-0.2, 0) is 10.2 Å². The second-order valence-corrected chi connectivity index (χ2v) is 10.6. The summed E-state index contributed by atoms with van der Waals surface area (Å²) >= 11 is 0. The van der Waals surface area contributed by atoms with Gasteiger partial charge in [0.2, 0.25) is 5.91 Å². The molecule has 1 unspecified atom stereocenters. The summed E-state index contributed by atoms with van der Waals surface area (Å²) in [6.45, 7) is 6.36. The van der Waals surface area contributed by atoms with Crippen LogP contribution in [0.5, 0.6) is 0 Å². The van der Waals surface area contributed by atoms with Gasteiger partial charge in [-0.3, -0.25) is 19.5 Å². The van der Waals surface area contributed by atoms with Crippen LogP contribution in [0, 0.1) is 0 Å². The Morgan fingerprint density at radius 1 is 1.05 bits per heavy atom. The highest BCUT2D eigenvalue weighted by molar-refractivity contribution is 6.09. The zero-order valence-electron chi connectivity index (χ0n) is 21.6. The molecule has 38 heavy (non-hydrogen) atoms. The van der Waals surface area contributed by atoms with E-state index in [0.29, 0.717) is 17.7 Å². The van der Waals surface area contributed by atoms with Crippen LogP contribution in [0.1, 0.15) is 78.1 Å². The number of aromatic amines is 1. The quantitative estimate of drug-likeness (QED) is 0.346. The number of carbonyl (C=O) groups excluding carboxylic acids is 2. The van der Waals surface area contributed by atoms with E-state index in [1.807, 2.05) is 48.5 Å². The molecule has 2 amide bonds. The predicted octanol–water partition coefficient (Wildman–Crippen LogP) is 4.78. The van der Waals surface area contributed by atoms with Crippen molar-refractivity contribution in [2.24, 2.45) is 0 Å². The van der Waals surface area contributed by atoms with E-state index < -0.39 is 24.1 Å². The molecule has 8 heteroatoms. The number of nitrogens with one attached hydrogen (secondary N) is 2. The number of nitrogens with zero attached hydrogens (tertiary/aromatic N) is 3. The van der Waals surface area contributed by atoms with E-state index in [-0.39, 0.29) is 17.0 Å². The van der Waals surface area contributed by atoms with Gasteiger partial charge in [-0.25, -0.2) is 4.98 Å². The largest absolute Gasteiger partial charge is 0.388 e. The smallest absolute Gasteiger partial charge is 0.279 e. The lowest BCUT2D eigenvalue weighted by atomic mass is 9.87. The highest BCUT2D eigenvalue weighted by atomic mass is 16.3. The van der Waals surface area contributed by atoms with E-state index in [1.54, 1.807) is 24.5 Å². The monoisotopic (exact) mass is 509 g/mol. The molecule has 4 aromatic rings. The molecule has 2 heterocycles. The van der Waals surface area contributed by atoms with Crippen molar-refractivity contribution in [1.29, 1.82) is 0 Å². The summed E-state index contributed by atoms with van der Waals surface area (Å²) in [5, 5.41) is 13.7. The van der Waals surface area contributed by atoms with Gasteiger partial charge in [0.15, 0.2) is 0 Å². The van der Waals surface area contributed by atoms with Crippen LogP contribution in [0.25, 0.3) is 0 Å². The Hall–Kier alpha value is -4.30. The maximum absolute atomic E-state index is 14.1. The number of imidazole rings is 1. The lowest BCUT2D eigenvalue weighted by Gasteiger charge is -2.32. The molecule has 0 bridgehead atoms. The Labute approximate surface area is 221 Å². The number of hydrogen-bond acceptors (Lipinski definition) is 5. The predicted molar refractivity (Wildman–Crippen MR) is 144 cm³/mol. The molecule has 5 rings (SSSR count). The van der Waals surface area contributed by atoms with Gasteiger partial charge < -0.3 is 15.4 Å². The summed E-state index contributed by atoms with van der Waals surface area (Å²) in [5.41, 5.74) is 4.01. The summed E-state index contributed by atoms with van der Waals surface area (Å²) in [6.07, 6.45) is 5.86. The molecule has 2 aromatic carbocycles. The van der Waals surface area contributed by atoms with E-state index in [4.69, 9.17) is 0 Å². The molecule has 0 spiro atoms. The third kappa shape index (κ3) is 4.95. The summed E-state index contributed by atoms with van der Waals surface area (Å²) in [5.74, 6) is -0.804. The van der Waals surface area contributed by atoms with E-state index in [0.717, 1.165) is 16.7 Å². The van der Waals surface area contributed by atoms with Gasteiger partial charge in [-0.15, -0.1) is 0 Å². The minimum atomic E-state index is -1.03. The molecular weight excluding hydrogens is 478 g/mol. The molecule has 0 radical (unpaired) electrons. The first-order valence-electron chi connectivity index (χ1n) is 12.6. The minimum absolute atomic E-state index is 0.0770. The molecule has 0 aliphatic heterocycles. The Morgan fingerprint density at radius 2 is 1.79 bits per heavy atom. The van der Waals surface area contributed by atoms with Gasteiger partial charge in [-0.05, 0) is 40.3 Å². The standard InChI is InChI=1S/C30H31N5O3/c1-30(2,3)20-10-12-21(13-11-20)35(29(38)25-17-32-18-33-25)27(19-7-6-14-31-16-19)28(37)34-24-15-26(36)23-9-5-4-8-22(23)24/h4-14,16-18,24,26-27,36H,15H2,1-3H3,(H,32,33)(H,34,37)/t24-,26-,27?/m1/s1. The first-order chi connectivity index (χ1) is 18.2. The number of benzene rings is 2. The molecule has 0 saturated carbocycles. The van der Waals surface area contributed by atoms with Gasteiger partial charge in [-0.1, -0.05) is 63.2 Å². The molecule has 3 atom stereocenters. The van der Waals surface area contributed by atoms with Crippen LogP contribution in [0.3, 0.4) is 0 Å². The second kappa shape index (κ2) is 10.2. The lowest BCUT2D eigenvalue weighted by Crippen LogP contribution is -2.45. The Balaban J connectivity index is 1.58. The molecule has 194 valence electrons. The first-order valence-corrected chi connectivity index (χ1v) is 12.6. The normalized spacial score (nSPS) is 17.5. The Kier molecular flexibility index (Phi) is 6.82. The van der Waals surface area contributed by atoms with Gasteiger partial charge >= 0.3 is 0 Å². The van der Waals surface area contributed by atoms with Crippen molar-refractivity contribution < 1.29 is 14.7 Å². The molecule has 3 N–H and O–H groups in total. The fraction of sp³-hybridized carbons (Fsp3) is 0.267. The maximum atomic E-state index is 14.1. The third-order valence-corrected chi connectivity index (χ3v) is 6.96. The second-order valence-electron chi connectivity index (χ2n) is 10.6. The number of anilines is 1. The highest BCUT2D eigenvalue weighted by Crippen LogP contribution is 2.39. The molecule has 1 aliphatic carbocycles. The van der Waals surface area contributed by atoms with Gasteiger partial charge in [-0.2, -0.15) is 0 Å². The zero-order chi connectivity index (χ0) is 26.9. The van der Waals surface area contributed by atoms with Crippen LogP contribution in [-0.4, -0.2) is 31.9 Å². The number of hydrogen-bond donors (Lipinski definition) is 3. The van der Waals surface area contributed by atoms with Crippen LogP contribution in [0.4, 0.5) is 5.69 Å². The first kappa shape index (κ1) is 25.4. The zero-order valence-corrected chi connectivity index (χ0v) is 21.6. The average molecular weight is 510 g/mol. The van der Waals surface area contributed by atoms with Crippen LogP contribution in [0.15, 0.2) is 85.6 Å². The van der Waals surface area contributed by atoms with E-state index in [2.05, 4.69) is 41.0 Å². The lowest BCUT2D eigenvalue weighted by molar-refractivity contribution is -0.123. The molecular formula is C30H31N5O3. The van der Waals surface area contributed by atoms with Crippen molar-refractivity contribution in [2.45, 2.75) is 50.8 Å². The van der Waals surface area contributed by atoms with Gasteiger partial charge in [0.25, 0.3) is 5.91 Å². The minimum Gasteiger partial charge on any atom is -0.388 e. The Morgan fingerprint density at radius 3 is 2.42 bits per heavy atom. The summed E-state index contributed by atoms with van der Waals surface area (Å²) in [4.78, 5) is 40.7. The summed E-state index contributed by atoms with van der Waals surface area (Å²) < 4.78 is 0. The molecule has 8 nitrogen and oxygen atoms in total. The van der Waals surface area contributed by atoms with Crippen molar-refractivity contribution in [3.05, 3.63) is 114 Å². The van der Waals surface area contributed by atoms with Crippen LogP contribution < -0.4 is 10.2 Å². The van der Waals surface area contributed by atoms with Crippen molar-refractivity contribution in [3.8, 4) is 0 Å². The van der Waals surface area contributed by atoms with Crippen LogP contribution in [0.2, 0.25) is 0 Å². The third-order valence-electron chi connectivity index (χ3n) is 6.96. The van der Waals surface area contributed by atoms with Gasteiger partial charge in [0, 0.05) is 36.3 Å². The van der Waals surface area contributed by atoms with Crippen molar-refractivity contribution >= 4 is 17.5 Å². The van der Waals surface area contributed by atoms with E-state index in [1.165, 1.54) is 17.4 Å². The van der Waals surface area contributed by atoms with Crippen molar-refractivity contribution in [2.75, 3.05) is 4.90 Å². The average Bonchev–Trinajstić information content (AvgIpc) is 3.56. The number of aliphatic hydroxyl groups is 1. The fourth-order valence-electron chi connectivity index (χ4n) is 4.96. The van der Waals surface area contributed by atoms with Gasteiger partial charge in [0.05, 0.1) is 18.5 Å². The number of pyridine rings is 1. The molecule has 2 aromatic heterocycles.